The van der Waals surface area contributed by atoms with E-state index in [1.807, 2.05) is 12.3 Å². The standard InChI is InChI=1S/C14H19NO2/c1-17-14(16)9-13(11-5-2-3-6-11)12-7-4-8-15-10-12/h4,7-8,10-11,13H,2-3,5-6,9H2,1H3. The van der Waals surface area contributed by atoms with Crippen LogP contribution in [0, 0.1) is 5.92 Å². The van der Waals surface area contributed by atoms with Crippen LogP contribution < -0.4 is 0 Å². The Hall–Kier alpha value is -1.38. The third kappa shape index (κ3) is 3.05. The monoisotopic (exact) mass is 233 g/mol. The maximum absolute atomic E-state index is 11.5. The molecule has 1 heterocycles. The van der Waals surface area contributed by atoms with E-state index in [4.69, 9.17) is 4.74 Å². The molecule has 2 rings (SSSR count). The average Bonchev–Trinajstić information content (AvgIpc) is 2.90. The Morgan fingerprint density at radius 1 is 1.53 bits per heavy atom. The molecule has 0 spiro atoms. The van der Waals surface area contributed by atoms with Crippen LogP contribution in [0.2, 0.25) is 0 Å². The van der Waals surface area contributed by atoms with Crippen molar-refractivity contribution in [2.24, 2.45) is 5.92 Å². The van der Waals surface area contributed by atoms with Gasteiger partial charge in [0.15, 0.2) is 0 Å². The molecule has 0 aliphatic heterocycles. The second-order valence-electron chi connectivity index (χ2n) is 4.72. The smallest absolute Gasteiger partial charge is 0.306 e. The maximum atomic E-state index is 11.5. The second-order valence-corrected chi connectivity index (χ2v) is 4.72. The van der Waals surface area contributed by atoms with E-state index in [0.717, 1.165) is 0 Å². The summed E-state index contributed by atoms with van der Waals surface area (Å²) in [6.45, 7) is 0. The molecular formula is C14H19NO2. The third-order valence-electron chi connectivity index (χ3n) is 3.70. The van der Waals surface area contributed by atoms with E-state index < -0.39 is 0 Å². The lowest BCUT2D eigenvalue weighted by Crippen LogP contribution is -2.15. The van der Waals surface area contributed by atoms with E-state index in [1.165, 1.54) is 38.4 Å². The predicted octanol–water partition coefficient (Wildman–Crippen LogP) is 2.92. The van der Waals surface area contributed by atoms with Gasteiger partial charge >= 0.3 is 5.97 Å². The highest BCUT2D eigenvalue weighted by atomic mass is 16.5. The molecule has 3 nitrogen and oxygen atoms in total. The molecule has 1 aliphatic carbocycles. The number of hydrogen-bond acceptors (Lipinski definition) is 3. The van der Waals surface area contributed by atoms with Gasteiger partial charge in [0.25, 0.3) is 0 Å². The summed E-state index contributed by atoms with van der Waals surface area (Å²) >= 11 is 0. The molecule has 0 bridgehead atoms. The topological polar surface area (TPSA) is 39.2 Å². The quantitative estimate of drug-likeness (QED) is 0.751. The van der Waals surface area contributed by atoms with Gasteiger partial charge in [-0.2, -0.15) is 0 Å². The summed E-state index contributed by atoms with van der Waals surface area (Å²) in [5.74, 6) is 0.766. The summed E-state index contributed by atoms with van der Waals surface area (Å²) in [5.41, 5.74) is 1.17. The lowest BCUT2D eigenvalue weighted by atomic mass is 9.83. The predicted molar refractivity (Wildman–Crippen MR) is 65.6 cm³/mol. The lowest BCUT2D eigenvalue weighted by molar-refractivity contribution is -0.141. The van der Waals surface area contributed by atoms with Crippen LogP contribution in [0.4, 0.5) is 0 Å². The van der Waals surface area contributed by atoms with Gasteiger partial charge in [-0.25, -0.2) is 0 Å². The van der Waals surface area contributed by atoms with Gasteiger partial charge < -0.3 is 4.74 Å². The van der Waals surface area contributed by atoms with E-state index in [9.17, 15) is 4.79 Å². The Balaban J connectivity index is 2.14. The zero-order chi connectivity index (χ0) is 12.1. The molecule has 1 aliphatic rings. The first-order valence-corrected chi connectivity index (χ1v) is 6.28. The summed E-state index contributed by atoms with van der Waals surface area (Å²) in [6, 6.07) is 4.01. The van der Waals surface area contributed by atoms with Crippen LogP contribution in [-0.2, 0) is 9.53 Å². The number of methoxy groups -OCH3 is 1. The Kier molecular flexibility index (Phi) is 4.13. The third-order valence-corrected chi connectivity index (χ3v) is 3.70. The van der Waals surface area contributed by atoms with E-state index in [1.54, 1.807) is 6.20 Å². The Labute approximate surface area is 102 Å². The molecule has 1 saturated carbocycles. The molecule has 0 radical (unpaired) electrons. The van der Waals surface area contributed by atoms with Crippen molar-refractivity contribution in [3.05, 3.63) is 30.1 Å². The summed E-state index contributed by atoms with van der Waals surface area (Å²) in [7, 11) is 1.46. The molecule has 0 saturated heterocycles. The van der Waals surface area contributed by atoms with Gasteiger partial charge in [0.1, 0.15) is 0 Å². The van der Waals surface area contributed by atoms with Crippen LogP contribution in [0.25, 0.3) is 0 Å². The van der Waals surface area contributed by atoms with Gasteiger partial charge in [-0.05, 0) is 36.3 Å². The van der Waals surface area contributed by atoms with Crippen LogP contribution in [0.1, 0.15) is 43.6 Å². The molecule has 1 atom stereocenters. The normalized spacial score (nSPS) is 17.9. The first kappa shape index (κ1) is 12.1. The second kappa shape index (κ2) is 5.80. The maximum Gasteiger partial charge on any atom is 0.306 e. The number of carbonyl (C=O) groups is 1. The fourth-order valence-corrected chi connectivity index (χ4v) is 2.77. The van der Waals surface area contributed by atoms with Gasteiger partial charge in [0.2, 0.25) is 0 Å². The van der Waals surface area contributed by atoms with Crippen LogP contribution >= 0.6 is 0 Å². The van der Waals surface area contributed by atoms with Crippen molar-refractivity contribution in [2.45, 2.75) is 38.0 Å². The van der Waals surface area contributed by atoms with Crippen molar-refractivity contribution < 1.29 is 9.53 Å². The molecule has 17 heavy (non-hydrogen) atoms. The number of carbonyl (C=O) groups excluding carboxylic acids is 1. The van der Waals surface area contributed by atoms with Gasteiger partial charge in [0.05, 0.1) is 13.5 Å². The zero-order valence-electron chi connectivity index (χ0n) is 10.3. The Bertz CT molecular complexity index is 358. The summed E-state index contributed by atoms with van der Waals surface area (Å²) in [4.78, 5) is 15.7. The molecule has 1 aromatic heterocycles. The van der Waals surface area contributed by atoms with E-state index in [0.29, 0.717) is 12.3 Å². The molecule has 1 aromatic rings. The van der Waals surface area contributed by atoms with E-state index in [-0.39, 0.29) is 11.9 Å². The minimum absolute atomic E-state index is 0.120. The van der Waals surface area contributed by atoms with Gasteiger partial charge in [-0.3, -0.25) is 9.78 Å². The molecule has 0 aromatic carbocycles. The molecule has 92 valence electrons. The van der Waals surface area contributed by atoms with Crippen LogP contribution in [0.3, 0.4) is 0 Å². The van der Waals surface area contributed by atoms with Crippen molar-refractivity contribution in [1.29, 1.82) is 0 Å². The van der Waals surface area contributed by atoms with Crippen molar-refractivity contribution in [1.82, 2.24) is 4.98 Å². The highest BCUT2D eigenvalue weighted by Gasteiger charge is 2.28. The summed E-state index contributed by atoms with van der Waals surface area (Å²) < 4.78 is 4.80. The minimum Gasteiger partial charge on any atom is -0.469 e. The Morgan fingerprint density at radius 2 is 2.29 bits per heavy atom. The van der Waals surface area contributed by atoms with E-state index in [2.05, 4.69) is 11.1 Å². The number of nitrogens with zero attached hydrogens (tertiary/aromatic N) is 1. The number of rotatable bonds is 4. The van der Waals surface area contributed by atoms with E-state index >= 15 is 0 Å². The summed E-state index contributed by atoms with van der Waals surface area (Å²) in [5, 5.41) is 0. The van der Waals surface area contributed by atoms with Crippen LogP contribution in [0.5, 0.6) is 0 Å². The minimum atomic E-state index is -0.120. The van der Waals surface area contributed by atoms with Gasteiger partial charge in [-0.15, -0.1) is 0 Å². The number of aromatic nitrogens is 1. The van der Waals surface area contributed by atoms with Crippen molar-refractivity contribution >= 4 is 5.97 Å². The van der Waals surface area contributed by atoms with Crippen molar-refractivity contribution in [2.75, 3.05) is 7.11 Å². The molecular weight excluding hydrogens is 214 g/mol. The largest absolute Gasteiger partial charge is 0.469 e. The fraction of sp³-hybridized carbons (Fsp3) is 0.571. The number of pyridine rings is 1. The van der Waals surface area contributed by atoms with Crippen molar-refractivity contribution in [3.8, 4) is 0 Å². The van der Waals surface area contributed by atoms with Crippen LogP contribution in [-0.4, -0.2) is 18.1 Å². The molecule has 1 unspecified atom stereocenters. The molecule has 0 N–H and O–H groups in total. The Morgan fingerprint density at radius 3 is 2.88 bits per heavy atom. The highest BCUT2D eigenvalue weighted by molar-refractivity contribution is 5.70. The number of esters is 1. The first-order valence-electron chi connectivity index (χ1n) is 6.28. The fourth-order valence-electron chi connectivity index (χ4n) is 2.77. The van der Waals surface area contributed by atoms with Gasteiger partial charge in [0, 0.05) is 12.4 Å². The SMILES string of the molecule is COC(=O)CC(c1cccnc1)C1CCCC1. The van der Waals surface area contributed by atoms with Crippen LogP contribution in [0.15, 0.2) is 24.5 Å². The first-order chi connectivity index (χ1) is 8.31. The van der Waals surface area contributed by atoms with Gasteiger partial charge in [-0.1, -0.05) is 18.9 Å². The van der Waals surface area contributed by atoms with Crippen molar-refractivity contribution in [3.63, 3.8) is 0 Å². The summed E-state index contributed by atoms with van der Waals surface area (Å²) in [6.07, 6.45) is 9.13. The zero-order valence-corrected chi connectivity index (χ0v) is 10.3. The molecule has 0 amide bonds. The molecule has 1 fully saturated rings. The molecule has 3 heteroatoms. The lowest BCUT2D eigenvalue weighted by Gasteiger charge is -2.22. The average molecular weight is 233 g/mol. The number of ether oxygens (including phenoxy) is 1. The number of hydrogen-bond donors (Lipinski definition) is 0. The highest BCUT2D eigenvalue weighted by Crippen LogP contribution is 2.39.